The van der Waals surface area contributed by atoms with Gasteiger partial charge in [-0.15, -0.1) is 0 Å². The highest BCUT2D eigenvalue weighted by Gasteiger charge is 2.30. The van der Waals surface area contributed by atoms with Crippen molar-refractivity contribution in [1.29, 1.82) is 0 Å². The molecule has 0 unspecified atom stereocenters. The Morgan fingerprint density at radius 2 is 2.09 bits per heavy atom. The van der Waals surface area contributed by atoms with Gasteiger partial charge in [-0.25, -0.2) is 18.4 Å². The second kappa shape index (κ2) is 7.23. The molecular weight excluding hydrogens is 304 g/mol. The molecule has 1 aromatic rings. The lowest BCUT2D eigenvalue weighted by atomic mass is 10.1. The van der Waals surface area contributed by atoms with Crippen molar-refractivity contribution in [3.05, 3.63) is 12.4 Å². The van der Waals surface area contributed by atoms with Crippen molar-refractivity contribution in [3.8, 4) is 5.88 Å². The van der Waals surface area contributed by atoms with Gasteiger partial charge in [0, 0.05) is 33.0 Å². The van der Waals surface area contributed by atoms with Gasteiger partial charge >= 0.3 is 0 Å². The second-order valence-corrected chi connectivity index (χ2v) is 7.72. The largest absolute Gasteiger partial charge is 0.470 e. The Morgan fingerprint density at radius 3 is 2.77 bits per heavy atom. The molecule has 7 nitrogen and oxygen atoms in total. The number of hydrogen-bond donors (Lipinski definition) is 0. The summed E-state index contributed by atoms with van der Waals surface area (Å²) in [4.78, 5) is 10.3. The van der Waals surface area contributed by atoms with Gasteiger partial charge in [-0.1, -0.05) is 6.92 Å². The summed E-state index contributed by atoms with van der Waals surface area (Å²) in [7, 11) is 0.563. The SMILES string of the molecule is CCCS(=O)(=O)N1CCC[C@@H](Oc2nccnc2N(C)C)C1. The lowest BCUT2D eigenvalue weighted by molar-refractivity contribution is 0.125. The zero-order chi connectivity index (χ0) is 16.2. The summed E-state index contributed by atoms with van der Waals surface area (Å²) in [6.45, 7) is 2.83. The maximum Gasteiger partial charge on any atom is 0.257 e. The zero-order valence-corrected chi connectivity index (χ0v) is 14.2. The Hall–Kier alpha value is -1.41. The van der Waals surface area contributed by atoms with Crippen LogP contribution in [0.4, 0.5) is 5.82 Å². The molecule has 1 aliphatic heterocycles. The number of piperidine rings is 1. The highest BCUT2D eigenvalue weighted by Crippen LogP contribution is 2.25. The lowest BCUT2D eigenvalue weighted by Crippen LogP contribution is -2.45. The van der Waals surface area contributed by atoms with E-state index in [1.165, 1.54) is 4.31 Å². The molecule has 0 amide bonds. The smallest absolute Gasteiger partial charge is 0.257 e. The molecule has 124 valence electrons. The third-order valence-corrected chi connectivity index (χ3v) is 5.59. The van der Waals surface area contributed by atoms with Crippen LogP contribution in [0.5, 0.6) is 5.88 Å². The lowest BCUT2D eigenvalue weighted by Gasteiger charge is -2.32. The maximum absolute atomic E-state index is 12.2. The Bertz CT molecular complexity index is 592. The zero-order valence-electron chi connectivity index (χ0n) is 13.4. The van der Waals surface area contributed by atoms with E-state index in [-0.39, 0.29) is 11.9 Å². The standard InChI is InChI=1S/C14H24N4O3S/c1-4-10-22(19,20)18-9-5-6-12(11-18)21-14-13(17(2)3)15-7-8-16-14/h7-8,12H,4-6,9-11H2,1-3H3/t12-/m1/s1. The Labute approximate surface area is 132 Å². The van der Waals surface area contributed by atoms with Crippen molar-refractivity contribution in [2.24, 2.45) is 0 Å². The molecule has 1 atom stereocenters. The topological polar surface area (TPSA) is 75.6 Å². The molecule has 0 N–H and O–H groups in total. The number of aromatic nitrogens is 2. The molecular formula is C14H24N4O3S. The number of nitrogens with zero attached hydrogens (tertiary/aromatic N) is 4. The van der Waals surface area contributed by atoms with E-state index in [0.29, 0.717) is 31.2 Å². The predicted octanol–water partition coefficient (Wildman–Crippen LogP) is 1.13. The van der Waals surface area contributed by atoms with Crippen LogP contribution < -0.4 is 9.64 Å². The summed E-state index contributed by atoms with van der Waals surface area (Å²) in [5.74, 6) is 1.29. The van der Waals surface area contributed by atoms with Crippen molar-refractivity contribution in [3.63, 3.8) is 0 Å². The fraction of sp³-hybridized carbons (Fsp3) is 0.714. The van der Waals surface area contributed by atoms with Crippen LogP contribution in [0.3, 0.4) is 0 Å². The van der Waals surface area contributed by atoms with Crippen LogP contribution in [-0.4, -0.2) is 61.7 Å². The van der Waals surface area contributed by atoms with Gasteiger partial charge < -0.3 is 9.64 Å². The van der Waals surface area contributed by atoms with Gasteiger partial charge in [-0.3, -0.25) is 0 Å². The van der Waals surface area contributed by atoms with Crippen LogP contribution in [0.15, 0.2) is 12.4 Å². The van der Waals surface area contributed by atoms with Gasteiger partial charge in [0.05, 0.1) is 12.3 Å². The summed E-state index contributed by atoms with van der Waals surface area (Å²) in [6.07, 6.45) is 5.25. The molecule has 0 aromatic carbocycles. The molecule has 2 rings (SSSR count). The van der Waals surface area contributed by atoms with Crippen LogP contribution in [0.2, 0.25) is 0 Å². The second-order valence-electron chi connectivity index (χ2n) is 5.64. The van der Waals surface area contributed by atoms with E-state index in [2.05, 4.69) is 9.97 Å². The first-order chi connectivity index (χ1) is 10.4. The molecule has 0 bridgehead atoms. The first-order valence-corrected chi connectivity index (χ1v) is 9.17. The van der Waals surface area contributed by atoms with Crippen molar-refractivity contribution >= 4 is 15.8 Å². The third-order valence-electron chi connectivity index (χ3n) is 3.54. The third kappa shape index (κ3) is 4.07. The van der Waals surface area contributed by atoms with E-state index in [9.17, 15) is 8.42 Å². The minimum atomic E-state index is -3.18. The number of rotatable bonds is 6. The maximum atomic E-state index is 12.2. The number of anilines is 1. The van der Waals surface area contributed by atoms with E-state index >= 15 is 0 Å². The average Bonchev–Trinajstić information content (AvgIpc) is 2.48. The number of sulfonamides is 1. The van der Waals surface area contributed by atoms with Gasteiger partial charge in [0.25, 0.3) is 5.88 Å². The van der Waals surface area contributed by atoms with Crippen LogP contribution in [0, 0.1) is 0 Å². The highest BCUT2D eigenvalue weighted by atomic mass is 32.2. The van der Waals surface area contributed by atoms with E-state index in [1.807, 2.05) is 25.9 Å². The van der Waals surface area contributed by atoms with E-state index in [0.717, 1.165) is 12.8 Å². The fourth-order valence-electron chi connectivity index (χ4n) is 2.51. The molecule has 0 saturated carbocycles. The minimum Gasteiger partial charge on any atom is -0.470 e. The molecule has 8 heteroatoms. The molecule has 1 aromatic heterocycles. The molecule has 1 saturated heterocycles. The summed E-state index contributed by atoms with van der Waals surface area (Å²) < 4.78 is 31.9. The molecule has 2 heterocycles. The quantitative estimate of drug-likeness (QED) is 0.779. The van der Waals surface area contributed by atoms with E-state index in [1.54, 1.807) is 12.4 Å². The first kappa shape index (κ1) is 17.0. The van der Waals surface area contributed by atoms with Gasteiger partial charge in [0.15, 0.2) is 5.82 Å². The number of hydrogen-bond acceptors (Lipinski definition) is 6. The molecule has 0 spiro atoms. The van der Waals surface area contributed by atoms with Gasteiger partial charge in [0.2, 0.25) is 10.0 Å². The van der Waals surface area contributed by atoms with Crippen molar-refractivity contribution < 1.29 is 13.2 Å². The fourth-order valence-corrected chi connectivity index (χ4v) is 4.08. The van der Waals surface area contributed by atoms with Gasteiger partial charge in [0.1, 0.15) is 6.10 Å². The molecule has 22 heavy (non-hydrogen) atoms. The van der Waals surface area contributed by atoms with E-state index in [4.69, 9.17) is 4.74 Å². The summed E-state index contributed by atoms with van der Waals surface area (Å²) >= 11 is 0. The normalized spacial score (nSPS) is 19.9. The number of ether oxygens (including phenoxy) is 1. The predicted molar refractivity (Wildman–Crippen MR) is 85.7 cm³/mol. The molecule has 0 aliphatic carbocycles. The van der Waals surface area contributed by atoms with Crippen LogP contribution in [0.1, 0.15) is 26.2 Å². The monoisotopic (exact) mass is 328 g/mol. The van der Waals surface area contributed by atoms with Gasteiger partial charge in [-0.05, 0) is 19.3 Å². The molecule has 0 radical (unpaired) electrons. The molecule has 1 aliphatic rings. The van der Waals surface area contributed by atoms with Crippen LogP contribution >= 0.6 is 0 Å². The van der Waals surface area contributed by atoms with Crippen LogP contribution in [-0.2, 0) is 10.0 Å². The Kier molecular flexibility index (Phi) is 5.57. The van der Waals surface area contributed by atoms with Crippen molar-refractivity contribution in [2.45, 2.75) is 32.3 Å². The Balaban J connectivity index is 2.08. The van der Waals surface area contributed by atoms with Crippen molar-refractivity contribution in [2.75, 3.05) is 37.8 Å². The van der Waals surface area contributed by atoms with E-state index < -0.39 is 10.0 Å². The highest BCUT2D eigenvalue weighted by molar-refractivity contribution is 7.89. The average molecular weight is 328 g/mol. The van der Waals surface area contributed by atoms with Crippen molar-refractivity contribution in [1.82, 2.24) is 14.3 Å². The summed E-state index contributed by atoms with van der Waals surface area (Å²) in [6, 6.07) is 0. The molecule has 1 fully saturated rings. The van der Waals surface area contributed by atoms with Crippen LogP contribution in [0.25, 0.3) is 0 Å². The van der Waals surface area contributed by atoms with Gasteiger partial charge in [-0.2, -0.15) is 4.31 Å². The summed E-state index contributed by atoms with van der Waals surface area (Å²) in [5, 5.41) is 0. The first-order valence-electron chi connectivity index (χ1n) is 7.57. The summed E-state index contributed by atoms with van der Waals surface area (Å²) in [5.41, 5.74) is 0. The minimum absolute atomic E-state index is 0.184. The Morgan fingerprint density at radius 1 is 1.36 bits per heavy atom.